The second-order valence-electron chi connectivity index (χ2n) is 6.31. The minimum Gasteiger partial charge on any atom is -0.385 e. The summed E-state index contributed by atoms with van der Waals surface area (Å²) in [5, 5.41) is 17.0. The van der Waals surface area contributed by atoms with Crippen molar-refractivity contribution in [3.05, 3.63) is 45.8 Å². The fourth-order valence-corrected chi connectivity index (χ4v) is 4.37. The molecule has 1 saturated heterocycles. The van der Waals surface area contributed by atoms with E-state index >= 15 is 0 Å². The molecule has 1 aliphatic heterocycles. The Bertz CT molecular complexity index is 936. The predicted octanol–water partition coefficient (Wildman–Crippen LogP) is 3.27. The largest absolute Gasteiger partial charge is 0.385 e. The van der Waals surface area contributed by atoms with E-state index in [-0.39, 0.29) is 0 Å². The van der Waals surface area contributed by atoms with Crippen molar-refractivity contribution in [2.24, 2.45) is 7.05 Å². The molecule has 0 amide bonds. The summed E-state index contributed by atoms with van der Waals surface area (Å²) in [5.74, 6) is 0.839. The number of aromatic nitrogens is 4. The number of hydrogen-bond donors (Lipinski definition) is 1. The van der Waals surface area contributed by atoms with Gasteiger partial charge in [-0.15, -0.1) is 0 Å². The molecular formula is C17H17BrClN5O. The Morgan fingerprint density at radius 3 is 2.64 bits per heavy atom. The number of aryl methyl sites for hydroxylation is 1. The molecule has 0 bridgehead atoms. The molecule has 0 saturated carbocycles. The summed E-state index contributed by atoms with van der Waals surface area (Å²) < 4.78 is 2.46. The van der Waals surface area contributed by atoms with Gasteiger partial charge in [0.05, 0.1) is 11.0 Å². The molecule has 0 unspecified atom stereocenters. The Morgan fingerprint density at radius 1 is 1.20 bits per heavy atom. The highest BCUT2D eigenvalue weighted by Gasteiger charge is 2.36. The van der Waals surface area contributed by atoms with E-state index in [1.54, 1.807) is 11.0 Å². The van der Waals surface area contributed by atoms with Gasteiger partial charge in [-0.25, -0.2) is 14.6 Å². The van der Waals surface area contributed by atoms with Gasteiger partial charge in [0, 0.05) is 30.7 Å². The Morgan fingerprint density at radius 2 is 1.92 bits per heavy atom. The van der Waals surface area contributed by atoms with Crippen LogP contribution >= 0.6 is 27.5 Å². The predicted molar refractivity (Wildman–Crippen MR) is 101 cm³/mol. The number of benzene rings is 1. The minimum absolute atomic E-state index is 0.583. The number of hydrogen-bond acceptors (Lipinski definition) is 5. The number of halogens is 2. The Kier molecular flexibility index (Phi) is 4.17. The molecule has 3 aromatic rings. The highest BCUT2D eigenvalue weighted by molar-refractivity contribution is 9.10. The van der Waals surface area contributed by atoms with Crippen LogP contribution in [0.3, 0.4) is 0 Å². The first-order valence-electron chi connectivity index (χ1n) is 8.05. The van der Waals surface area contributed by atoms with Gasteiger partial charge >= 0.3 is 0 Å². The van der Waals surface area contributed by atoms with E-state index in [1.807, 2.05) is 31.3 Å². The van der Waals surface area contributed by atoms with Gasteiger partial charge in [-0.1, -0.05) is 29.8 Å². The number of nitrogens with zero attached hydrogens (tertiary/aromatic N) is 5. The van der Waals surface area contributed by atoms with Crippen molar-refractivity contribution < 1.29 is 5.11 Å². The van der Waals surface area contributed by atoms with Gasteiger partial charge < -0.3 is 10.0 Å². The summed E-state index contributed by atoms with van der Waals surface area (Å²) in [6, 6.07) is 7.51. The van der Waals surface area contributed by atoms with E-state index in [0.717, 1.165) is 27.0 Å². The molecule has 0 radical (unpaired) electrons. The van der Waals surface area contributed by atoms with Crippen LogP contribution in [0, 0.1) is 0 Å². The molecule has 6 nitrogen and oxygen atoms in total. The molecular weight excluding hydrogens is 406 g/mol. The molecule has 2 aromatic heterocycles. The van der Waals surface area contributed by atoms with Crippen LogP contribution in [0.1, 0.15) is 18.4 Å². The molecule has 25 heavy (non-hydrogen) atoms. The fourth-order valence-electron chi connectivity index (χ4n) is 3.46. The standard InChI is InChI=1S/C17H17BrClN5O/c1-23-15-13(14(18)22-23)16(21-10-20-15)24-8-6-17(25,7-9-24)11-4-2-3-5-12(11)19/h2-5,10,25H,6-9H2,1H3. The van der Waals surface area contributed by atoms with E-state index in [2.05, 4.69) is 35.9 Å². The minimum atomic E-state index is -0.910. The van der Waals surface area contributed by atoms with Gasteiger partial charge in [-0.2, -0.15) is 5.10 Å². The van der Waals surface area contributed by atoms with Crippen molar-refractivity contribution >= 4 is 44.4 Å². The summed E-state index contributed by atoms with van der Waals surface area (Å²) in [4.78, 5) is 10.9. The summed E-state index contributed by atoms with van der Waals surface area (Å²) in [5.41, 5.74) is 0.670. The third-order valence-corrected chi connectivity index (χ3v) is 5.71. The monoisotopic (exact) mass is 421 g/mol. The van der Waals surface area contributed by atoms with Gasteiger partial charge in [-0.3, -0.25) is 0 Å². The quantitative estimate of drug-likeness (QED) is 0.686. The second-order valence-corrected chi connectivity index (χ2v) is 7.47. The molecule has 4 rings (SSSR count). The number of anilines is 1. The van der Waals surface area contributed by atoms with Crippen LogP contribution in [-0.2, 0) is 12.6 Å². The summed E-state index contributed by atoms with van der Waals surface area (Å²) in [7, 11) is 1.86. The first-order chi connectivity index (χ1) is 12.0. The average molecular weight is 423 g/mol. The molecule has 3 heterocycles. The summed E-state index contributed by atoms with van der Waals surface area (Å²) >= 11 is 9.79. The van der Waals surface area contributed by atoms with Crippen molar-refractivity contribution in [3.63, 3.8) is 0 Å². The number of piperidine rings is 1. The van der Waals surface area contributed by atoms with Gasteiger partial charge in [-0.05, 0) is 34.8 Å². The molecule has 1 aromatic carbocycles. The van der Waals surface area contributed by atoms with Crippen molar-refractivity contribution in [1.29, 1.82) is 0 Å². The maximum atomic E-state index is 11.1. The van der Waals surface area contributed by atoms with E-state index in [9.17, 15) is 5.11 Å². The zero-order valence-electron chi connectivity index (χ0n) is 13.7. The third-order valence-electron chi connectivity index (χ3n) is 4.82. The zero-order valence-corrected chi connectivity index (χ0v) is 16.0. The van der Waals surface area contributed by atoms with E-state index in [4.69, 9.17) is 11.6 Å². The molecule has 0 spiro atoms. The van der Waals surface area contributed by atoms with Crippen LogP contribution in [0.15, 0.2) is 35.2 Å². The van der Waals surface area contributed by atoms with Crippen molar-refractivity contribution in [2.75, 3.05) is 18.0 Å². The van der Waals surface area contributed by atoms with Crippen LogP contribution in [0.5, 0.6) is 0 Å². The SMILES string of the molecule is Cn1nc(Br)c2c(N3CCC(O)(c4ccccc4Cl)CC3)ncnc21. The first kappa shape index (κ1) is 16.8. The summed E-state index contributed by atoms with van der Waals surface area (Å²) in [6.07, 6.45) is 2.72. The maximum Gasteiger partial charge on any atom is 0.164 e. The normalized spacial score (nSPS) is 17.2. The Labute approximate surface area is 158 Å². The number of fused-ring (bicyclic) bond motifs is 1. The lowest BCUT2D eigenvalue weighted by atomic mass is 9.84. The van der Waals surface area contributed by atoms with Crippen molar-refractivity contribution in [2.45, 2.75) is 18.4 Å². The molecule has 8 heteroatoms. The van der Waals surface area contributed by atoms with E-state index in [1.165, 1.54) is 0 Å². The zero-order chi connectivity index (χ0) is 17.6. The molecule has 1 fully saturated rings. The Hall–Kier alpha value is -1.70. The van der Waals surface area contributed by atoms with Gasteiger partial charge in [0.25, 0.3) is 0 Å². The number of aliphatic hydroxyl groups is 1. The van der Waals surface area contributed by atoms with Crippen LogP contribution in [0.2, 0.25) is 5.02 Å². The van der Waals surface area contributed by atoms with E-state index < -0.39 is 5.60 Å². The highest BCUT2D eigenvalue weighted by Crippen LogP contribution is 2.39. The smallest absolute Gasteiger partial charge is 0.164 e. The van der Waals surface area contributed by atoms with Crippen LogP contribution in [0.25, 0.3) is 11.0 Å². The van der Waals surface area contributed by atoms with Crippen molar-refractivity contribution in [3.8, 4) is 0 Å². The van der Waals surface area contributed by atoms with E-state index in [0.29, 0.717) is 31.0 Å². The first-order valence-corrected chi connectivity index (χ1v) is 9.22. The Balaban J connectivity index is 1.64. The fraction of sp³-hybridized carbons (Fsp3) is 0.353. The lowest BCUT2D eigenvalue weighted by Gasteiger charge is -2.39. The molecule has 1 aliphatic rings. The van der Waals surface area contributed by atoms with Crippen molar-refractivity contribution in [1.82, 2.24) is 19.7 Å². The molecule has 1 N–H and O–H groups in total. The second kappa shape index (κ2) is 6.23. The maximum absolute atomic E-state index is 11.1. The molecule has 0 atom stereocenters. The average Bonchev–Trinajstić information content (AvgIpc) is 2.90. The third kappa shape index (κ3) is 2.80. The molecule has 0 aliphatic carbocycles. The lowest BCUT2D eigenvalue weighted by Crippen LogP contribution is -2.43. The highest BCUT2D eigenvalue weighted by atomic mass is 79.9. The summed E-state index contributed by atoms with van der Waals surface area (Å²) in [6.45, 7) is 1.35. The van der Waals surface area contributed by atoms with Gasteiger partial charge in [0.15, 0.2) is 5.65 Å². The van der Waals surface area contributed by atoms with Crippen LogP contribution in [-0.4, -0.2) is 37.9 Å². The van der Waals surface area contributed by atoms with Crippen LogP contribution in [0.4, 0.5) is 5.82 Å². The topological polar surface area (TPSA) is 67.1 Å². The lowest BCUT2D eigenvalue weighted by molar-refractivity contribution is 0.0118. The van der Waals surface area contributed by atoms with Gasteiger partial charge in [0.2, 0.25) is 0 Å². The molecule has 130 valence electrons. The number of rotatable bonds is 2. The van der Waals surface area contributed by atoms with Gasteiger partial charge in [0.1, 0.15) is 16.7 Å². The van der Waals surface area contributed by atoms with Crippen LogP contribution < -0.4 is 4.90 Å².